The van der Waals surface area contributed by atoms with Gasteiger partial charge in [-0.05, 0) is 31.4 Å². The number of pyridine rings is 1. The zero-order chi connectivity index (χ0) is 11.6. The minimum Gasteiger partial charge on any atom is -0.477 e. The Morgan fingerprint density at radius 1 is 1.50 bits per heavy atom. The number of nitrogens with one attached hydrogen (secondary N) is 1. The molecule has 0 radical (unpaired) electrons. The normalized spacial score (nSPS) is 17.6. The van der Waals surface area contributed by atoms with Crippen molar-refractivity contribution in [2.45, 2.75) is 24.9 Å². The summed E-state index contributed by atoms with van der Waals surface area (Å²) in [6.45, 7) is 0.420. The maximum atomic E-state index is 10.7. The Balaban J connectivity index is 1.98. The van der Waals surface area contributed by atoms with Crippen LogP contribution in [0.2, 0.25) is 0 Å². The Bertz CT molecular complexity index is 402. The van der Waals surface area contributed by atoms with Gasteiger partial charge in [0.15, 0.2) is 5.69 Å². The van der Waals surface area contributed by atoms with E-state index in [1.54, 1.807) is 12.1 Å². The Labute approximate surface area is 93.1 Å². The molecule has 0 spiro atoms. The lowest BCUT2D eigenvalue weighted by Gasteiger charge is -2.36. The van der Waals surface area contributed by atoms with Gasteiger partial charge >= 0.3 is 5.97 Å². The van der Waals surface area contributed by atoms with E-state index in [9.17, 15) is 9.90 Å². The predicted octanol–water partition coefficient (Wildman–Crippen LogP) is 1.11. The maximum Gasteiger partial charge on any atom is 0.354 e. The first-order valence-corrected chi connectivity index (χ1v) is 5.26. The molecule has 5 nitrogen and oxygen atoms in total. The number of carboxylic acid groups (broad SMARTS) is 1. The van der Waals surface area contributed by atoms with Crippen LogP contribution in [0.25, 0.3) is 0 Å². The molecule has 0 amide bonds. The summed E-state index contributed by atoms with van der Waals surface area (Å²) in [5.74, 6) is -0.564. The number of aromatic carboxylic acids is 1. The summed E-state index contributed by atoms with van der Waals surface area (Å²) >= 11 is 0. The van der Waals surface area contributed by atoms with Crippen molar-refractivity contribution in [1.82, 2.24) is 4.98 Å². The molecule has 0 aromatic carbocycles. The monoisotopic (exact) mass is 222 g/mol. The molecule has 16 heavy (non-hydrogen) atoms. The average Bonchev–Trinajstić information content (AvgIpc) is 2.24. The smallest absolute Gasteiger partial charge is 0.354 e. The first-order chi connectivity index (χ1) is 7.59. The van der Waals surface area contributed by atoms with E-state index in [1.807, 2.05) is 0 Å². The third-order valence-corrected chi connectivity index (χ3v) is 2.85. The molecular weight excluding hydrogens is 208 g/mol. The van der Waals surface area contributed by atoms with Crippen molar-refractivity contribution in [2.24, 2.45) is 0 Å². The number of rotatable bonds is 4. The van der Waals surface area contributed by atoms with Crippen LogP contribution >= 0.6 is 0 Å². The lowest BCUT2D eigenvalue weighted by molar-refractivity contribution is -0.0202. The number of aromatic nitrogens is 1. The third-order valence-electron chi connectivity index (χ3n) is 2.85. The molecule has 0 bridgehead atoms. The third kappa shape index (κ3) is 2.30. The molecule has 1 aromatic rings. The fraction of sp³-hybridized carbons (Fsp3) is 0.455. The second kappa shape index (κ2) is 4.09. The minimum atomic E-state index is -1.05. The largest absolute Gasteiger partial charge is 0.477 e. The molecular formula is C11H14N2O3. The molecule has 0 atom stereocenters. The van der Waals surface area contributed by atoms with E-state index in [1.165, 1.54) is 6.07 Å². The van der Waals surface area contributed by atoms with Gasteiger partial charge in [-0.25, -0.2) is 9.78 Å². The number of carboxylic acids is 1. The van der Waals surface area contributed by atoms with Crippen molar-refractivity contribution in [2.75, 3.05) is 11.9 Å². The number of carbonyl (C=O) groups is 1. The molecule has 1 fully saturated rings. The van der Waals surface area contributed by atoms with Crippen molar-refractivity contribution in [1.29, 1.82) is 0 Å². The van der Waals surface area contributed by atoms with Crippen LogP contribution in [0.1, 0.15) is 29.8 Å². The summed E-state index contributed by atoms with van der Waals surface area (Å²) < 4.78 is 0. The highest BCUT2D eigenvalue weighted by Crippen LogP contribution is 2.31. The number of hydrogen-bond donors (Lipinski definition) is 3. The van der Waals surface area contributed by atoms with Gasteiger partial charge in [-0.2, -0.15) is 0 Å². The van der Waals surface area contributed by atoms with E-state index in [4.69, 9.17) is 5.11 Å². The van der Waals surface area contributed by atoms with Gasteiger partial charge in [-0.3, -0.25) is 0 Å². The summed E-state index contributed by atoms with van der Waals surface area (Å²) in [4.78, 5) is 14.6. The standard InChI is InChI=1S/C11H14N2O3/c14-10(15)8-3-1-4-9(13-8)12-7-11(16)5-2-6-11/h1,3-4,16H,2,5-7H2,(H,12,13)(H,14,15). The summed E-state index contributed by atoms with van der Waals surface area (Å²) in [5.41, 5.74) is -0.633. The first kappa shape index (κ1) is 10.9. The predicted molar refractivity (Wildman–Crippen MR) is 58.5 cm³/mol. The molecule has 5 heteroatoms. The lowest BCUT2D eigenvalue weighted by atomic mass is 9.80. The van der Waals surface area contributed by atoms with Gasteiger partial charge in [0.2, 0.25) is 0 Å². The highest BCUT2D eigenvalue weighted by molar-refractivity contribution is 5.85. The molecule has 1 aliphatic carbocycles. The zero-order valence-corrected chi connectivity index (χ0v) is 8.81. The Morgan fingerprint density at radius 3 is 2.81 bits per heavy atom. The van der Waals surface area contributed by atoms with Gasteiger partial charge in [0, 0.05) is 6.54 Å². The number of hydrogen-bond acceptors (Lipinski definition) is 4. The first-order valence-electron chi connectivity index (χ1n) is 5.26. The molecule has 1 heterocycles. The van der Waals surface area contributed by atoms with Crippen LogP contribution in [0.4, 0.5) is 5.82 Å². The molecule has 0 saturated heterocycles. The zero-order valence-electron chi connectivity index (χ0n) is 8.81. The number of anilines is 1. The SMILES string of the molecule is O=C(O)c1cccc(NCC2(O)CCC2)n1. The minimum absolute atomic E-state index is 0.00518. The van der Waals surface area contributed by atoms with Crippen LogP contribution in [-0.2, 0) is 0 Å². The van der Waals surface area contributed by atoms with Gasteiger partial charge in [0.25, 0.3) is 0 Å². The van der Waals surface area contributed by atoms with Gasteiger partial charge in [0.05, 0.1) is 5.60 Å². The van der Waals surface area contributed by atoms with E-state index in [0.717, 1.165) is 19.3 Å². The van der Waals surface area contributed by atoms with Gasteiger partial charge < -0.3 is 15.5 Å². The van der Waals surface area contributed by atoms with Crippen LogP contribution in [0.3, 0.4) is 0 Å². The van der Waals surface area contributed by atoms with E-state index in [-0.39, 0.29) is 5.69 Å². The van der Waals surface area contributed by atoms with Gasteiger partial charge in [-0.15, -0.1) is 0 Å². The van der Waals surface area contributed by atoms with Crippen molar-refractivity contribution >= 4 is 11.8 Å². The van der Waals surface area contributed by atoms with Crippen LogP contribution in [0, 0.1) is 0 Å². The number of nitrogens with zero attached hydrogens (tertiary/aromatic N) is 1. The van der Waals surface area contributed by atoms with Gasteiger partial charge in [-0.1, -0.05) is 6.07 Å². The van der Waals surface area contributed by atoms with Crippen molar-refractivity contribution < 1.29 is 15.0 Å². The molecule has 1 aromatic heterocycles. The molecule has 0 unspecified atom stereocenters. The van der Waals surface area contributed by atoms with E-state index in [0.29, 0.717) is 12.4 Å². The van der Waals surface area contributed by atoms with Crippen LogP contribution in [-0.4, -0.2) is 33.3 Å². The highest BCUT2D eigenvalue weighted by atomic mass is 16.4. The summed E-state index contributed by atoms with van der Waals surface area (Å²) in [7, 11) is 0. The summed E-state index contributed by atoms with van der Waals surface area (Å²) in [6.07, 6.45) is 2.62. The molecule has 0 aliphatic heterocycles. The lowest BCUT2D eigenvalue weighted by Crippen LogP contribution is -2.43. The van der Waals surface area contributed by atoms with Crippen molar-refractivity contribution in [3.05, 3.63) is 23.9 Å². The van der Waals surface area contributed by atoms with Crippen LogP contribution in [0.15, 0.2) is 18.2 Å². The molecule has 3 N–H and O–H groups in total. The second-order valence-electron chi connectivity index (χ2n) is 4.14. The highest BCUT2D eigenvalue weighted by Gasteiger charge is 2.33. The van der Waals surface area contributed by atoms with E-state index in [2.05, 4.69) is 10.3 Å². The van der Waals surface area contributed by atoms with Crippen molar-refractivity contribution in [3.8, 4) is 0 Å². The van der Waals surface area contributed by atoms with E-state index >= 15 is 0 Å². The summed E-state index contributed by atoms with van der Waals surface area (Å²) in [5, 5.41) is 21.6. The van der Waals surface area contributed by atoms with E-state index < -0.39 is 11.6 Å². The van der Waals surface area contributed by atoms with Crippen LogP contribution in [0.5, 0.6) is 0 Å². The van der Waals surface area contributed by atoms with Crippen LogP contribution < -0.4 is 5.32 Å². The Kier molecular flexibility index (Phi) is 2.78. The Morgan fingerprint density at radius 2 is 2.25 bits per heavy atom. The van der Waals surface area contributed by atoms with Crippen molar-refractivity contribution in [3.63, 3.8) is 0 Å². The fourth-order valence-corrected chi connectivity index (χ4v) is 1.67. The summed E-state index contributed by atoms with van der Waals surface area (Å²) in [6, 6.07) is 4.75. The topological polar surface area (TPSA) is 82.5 Å². The van der Waals surface area contributed by atoms with Gasteiger partial charge in [0.1, 0.15) is 5.82 Å². The number of aliphatic hydroxyl groups is 1. The molecule has 86 valence electrons. The Hall–Kier alpha value is -1.62. The second-order valence-corrected chi connectivity index (χ2v) is 4.14. The molecule has 2 rings (SSSR count). The molecule has 1 aliphatic rings. The molecule has 1 saturated carbocycles. The quantitative estimate of drug-likeness (QED) is 0.710. The fourth-order valence-electron chi connectivity index (χ4n) is 1.67. The maximum absolute atomic E-state index is 10.7. The average molecular weight is 222 g/mol.